The second-order valence-corrected chi connectivity index (χ2v) is 5.14. The van der Waals surface area contributed by atoms with E-state index in [2.05, 4.69) is 6.92 Å². The summed E-state index contributed by atoms with van der Waals surface area (Å²) in [4.78, 5) is 23.0. The smallest absolute Gasteiger partial charge is 0.335 e. The summed E-state index contributed by atoms with van der Waals surface area (Å²) in [7, 11) is 0. The van der Waals surface area contributed by atoms with Crippen molar-refractivity contribution in [2.75, 3.05) is 0 Å². The summed E-state index contributed by atoms with van der Waals surface area (Å²) in [6, 6.07) is 6.00. The number of rotatable bonds is 5. The van der Waals surface area contributed by atoms with Crippen LogP contribution in [0.4, 0.5) is 0 Å². The van der Waals surface area contributed by atoms with Gasteiger partial charge >= 0.3 is 5.97 Å². The van der Waals surface area contributed by atoms with Crippen LogP contribution < -0.4 is 5.56 Å². The summed E-state index contributed by atoms with van der Waals surface area (Å²) >= 11 is 6.17. The van der Waals surface area contributed by atoms with E-state index in [4.69, 9.17) is 16.7 Å². The second kappa shape index (κ2) is 6.09. The first-order valence-electron chi connectivity index (χ1n) is 6.61. The third-order valence-electron chi connectivity index (χ3n) is 3.27. The average Bonchev–Trinajstić information content (AvgIpc) is 2.41. The second-order valence-electron chi connectivity index (χ2n) is 4.73. The van der Waals surface area contributed by atoms with Crippen molar-refractivity contribution in [1.29, 1.82) is 0 Å². The Bertz CT molecular complexity index is 706. The quantitative estimate of drug-likeness (QED) is 0.858. The molecule has 0 aliphatic rings. The van der Waals surface area contributed by atoms with Crippen LogP contribution >= 0.6 is 11.6 Å². The number of pyridine rings is 1. The van der Waals surface area contributed by atoms with Crippen molar-refractivity contribution in [3.63, 3.8) is 0 Å². The topological polar surface area (TPSA) is 59.3 Å². The molecular formula is C15H16ClNO3. The van der Waals surface area contributed by atoms with Crippen molar-refractivity contribution in [1.82, 2.24) is 4.57 Å². The van der Waals surface area contributed by atoms with Crippen LogP contribution in [-0.4, -0.2) is 15.6 Å². The number of carboxylic acids is 1. The lowest BCUT2D eigenvalue weighted by Crippen LogP contribution is -2.19. The Balaban J connectivity index is 2.59. The monoisotopic (exact) mass is 293 g/mol. The molecule has 1 N–H and O–H groups in total. The molecule has 106 valence electrons. The maximum Gasteiger partial charge on any atom is 0.335 e. The third-order valence-corrected chi connectivity index (χ3v) is 3.55. The molecule has 0 aliphatic heterocycles. The predicted molar refractivity (Wildman–Crippen MR) is 79.7 cm³/mol. The maximum absolute atomic E-state index is 12.0. The minimum atomic E-state index is -1.03. The van der Waals surface area contributed by atoms with Crippen LogP contribution in [0.5, 0.6) is 0 Å². The van der Waals surface area contributed by atoms with Crippen LogP contribution in [0.3, 0.4) is 0 Å². The average molecular weight is 294 g/mol. The number of aromatic nitrogens is 1. The number of unbranched alkanes of at least 4 members (excludes halogenated alkanes) is 2. The number of benzene rings is 1. The van der Waals surface area contributed by atoms with Gasteiger partial charge in [0.05, 0.1) is 16.1 Å². The first-order chi connectivity index (χ1) is 9.54. The largest absolute Gasteiger partial charge is 0.478 e. The van der Waals surface area contributed by atoms with Crippen LogP contribution in [-0.2, 0) is 6.54 Å². The first-order valence-corrected chi connectivity index (χ1v) is 6.98. The van der Waals surface area contributed by atoms with Crippen molar-refractivity contribution in [3.8, 4) is 0 Å². The molecule has 1 aromatic carbocycles. The van der Waals surface area contributed by atoms with Gasteiger partial charge in [0.1, 0.15) is 0 Å². The number of carbonyl (C=O) groups is 1. The van der Waals surface area contributed by atoms with E-state index < -0.39 is 5.97 Å². The standard InChI is InChI=1S/C15H16ClNO3/c1-2-3-4-7-17-13(18)6-5-10-8-11(15(19)20)9-12(16)14(10)17/h5-6,8-9H,2-4,7H2,1H3,(H,19,20). The molecule has 0 bridgehead atoms. The van der Waals surface area contributed by atoms with E-state index in [1.54, 1.807) is 16.7 Å². The molecule has 0 amide bonds. The molecule has 0 saturated heterocycles. The lowest BCUT2D eigenvalue weighted by molar-refractivity contribution is 0.0697. The fourth-order valence-corrected chi connectivity index (χ4v) is 2.59. The van der Waals surface area contributed by atoms with Crippen molar-refractivity contribution in [2.24, 2.45) is 0 Å². The third kappa shape index (κ3) is 2.85. The minimum Gasteiger partial charge on any atom is -0.478 e. The molecule has 0 fully saturated rings. The fourth-order valence-electron chi connectivity index (χ4n) is 2.26. The molecule has 4 nitrogen and oxygen atoms in total. The van der Waals surface area contributed by atoms with Crippen molar-refractivity contribution < 1.29 is 9.90 Å². The Morgan fingerprint density at radius 2 is 2.05 bits per heavy atom. The number of aromatic carboxylic acids is 1. The number of hydrogen-bond acceptors (Lipinski definition) is 2. The Morgan fingerprint density at radius 1 is 1.30 bits per heavy atom. The summed E-state index contributed by atoms with van der Waals surface area (Å²) in [5, 5.41) is 10.0. The van der Waals surface area contributed by atoms with E-state index in [1.807, 2.05) is 0 Å². The molecular weight excluding hydrogens is 278 g/mol. The van der Waals surface area contributed by atoms with Crippen LogP contribution in [0.2, 0.25) is 5.02 Å². The zero-order valence-corrected chi connectivity index (χ0v) is 12.0. The lowest BCUT2D eigenvalue weighted by Gasteiger charge is -2.12. The zero-order valence-electron chi connectivity index (χ0n) is 11.2. The fraction of sp³-hybridized carbons (Fsp3) is 0.333. The Hall–Kier alpha value is -1.81. The lowest BCUT2D eigenvalue weighted by atomic mass is 10.1. The van der Waals surface area contributed by atoms with Crippen molar-refractivity contribution in [2.45, 2.75) is 32.7 Å². The van der Waals surface area contributed by atoms with E-state index in [0.29, 0.717) is 22.5 Å². The normalized spacial score (nSPS) is 10.9. The molecule has 2 rings (SSSR count). The van der Waals surface area contributed by atoms with E-state index in [9.17, 15) is 9.59 Å². The van der Waals surface area contributed by atoms with Crippen molar-refractivity contribution in [3.05, 3.63) is 45.2 Å². The van der Waals surface area contributed by atoms with Gasteiger partial charge in [-0.25, -0.2) is 4.79 Å². The summed E-state index contributed by atoms with van der Waals surface area (Å²) in [5.41, 5.74) is 0.625. The molecule has 2 aromatic rings. The molecule has 5 heteroatoms. The Kier molecular flexibility index (Phi) is 4.45. The van der Waals surface area contributed by atoms with Gasteiger partial charge in [-0.3, -0.25) is 4.79 Å². The number of halogens is 1. The van der Waals surface area contributed by atoms with Gasteiger partial charge in [-0.2, -0.15) is 0 Å². The van der Waals surface area contributed by atoms with Gasteiger partial charge in [0.25, 0.3) is 5.56 Å². The highest BCUT2D eigenvalue weighted by molar-refractivity contribution is 6.35. The molecule has 0 aliphatic carbocycles. The van der Waals surface area contributed by atoms with E-state index in [0.717, 1.165) is 19.3 Å². The number of aryl methyl sites for hydroxylation is 1. The number of nitrogens with zero attached hydrogens (tertiary/aromatic N) is 1. The van der Waals surface area contributed by atoms with Gasteiger partial charge in [0, 0.05) is 18.0 Å². The molecule has 1 aromatic heterocycles. The van der Waals surface area contributed by atoms with Crippen LogP contribution in [0.25, 0.3) is 10.9 Å². The van der Waals surface area contributed by atoms with E-state index >= 15 is 0 Å². The van der Waals surface area contributed by atoms with Crippen LogP contribution in [0.15, 0.2) is 29.1 Å². The molecule has 20 heavy (non-hydrogen) atoms. The van der Waals surface area contributed by atoms with Gasteiger partial charge in [-0.15, -0.1) is 0 Å². The van der Waals surface area contributed by atoms with E-state index in [1.165, 1.54) is 12.1 Å². The molecule has 1 heterocycles. The van der Waals surface area contributed by atoms with Gasteiger partial charge in [-0.05, 0) is 24.6 Å². The molecule has 0 atom stereocenters. The first kappa shape index (κ1) is 14.6. The highest BCUT2D eigenvalue weighted by Crippen LogP contribution is 2.24. The molecule has 0 spiro atoms. The summed E-state index contributed by atoms with van der Waals surface area (Å²) in [6.07, 6.45) is 3.00. The number of hydrogen-bond donors (Lipinski definition) is 1. The highest BCUT2D eigenvalue weighted by Gasteiger charge is 2.11. The van der Waals surface area contributed by atoms with Gasteiger partial charge < -0.3 is 9.67 Å². The Morgan fingerprint density at radius 3 is 2.70 bits per heavy atom. The van der Waals surface area contributed by atoms with Crippen LogP contribution in [0, 0.1) is 0 Å². The number of fused-ring (bicyclic) bond motifs is 1. The summed E-state index contributed by atoms with van der Waals surface area (Å²) in [5.74, 6) is -1.03. The molecule has 0 radical (unpaired) electrons. The van der Waals surface area contributed by atoms with Gasteiger partial charge in [0.2, 0.25) is 0 Å². The predicted octanol–water partition coefficient (Wildman–Crippen LogP) is 3.54. The molecule has 0 unspecified atom stereocenters. The van der Waals surface area contributed by atoms with Gasteiger partial charge in [0.15, 0.2) is 0 Å². The Labute approximate surface area is 121 Å². The zero-order chi connectivity index (χ0) is 14.7. The van der Waals surface area contributed by atoms with E-state index in [-0.39, 0.29) is 11.1 Å². The summed E-state index contributed by atoms with van der Waals surface area (Å²) < 4.78 is 1.62. The maximum atomic E-state index is 12.0. The highest BCUT2D eigenvalue weighted by atomic mass is 35.5. The SMILES string of the molecule is CCCCCn1c(=O)ccc2cc(C(=O)O)cc(Cl)c21. The minimum absolute atomic E-state index is 0.112. The van der Waals surface area contributed by atoms with Crippen molar-refractivity contribution >= 4 is 28.5 Å². The van der Waals surface area contributed by atoms with Gasteiger partial charge in [-0.1, -0.05) is 31.4 Å². The van der Waals surface area contributed by atoms with Crippen LogP contribution in [0.1, 0.15) is 36.5 Å². The summed E-state index contributed by atoms with van der Waals surface area (Å²) in [6.45, 7) is 2.69. The number of carboxylic acid groups (broad SMARTS) is 1. The molecule has 0 saturated carbocycles.